The van der Waals surface area contributed by atoms with Gasteiger partial charge in [-0.15, -0.1) is 4.58 Å². The molecule has 0 unspecified atom stereocenters. The van der Waals surface area contributed by atoms with E-state index in [9.17, 15) is 4.79 Å². The molecule has 0 saturated carbocycles. The first-order valence-corrected chi connectivity index (χ1v) is 4.67. The quantitative estimate of drug-likeness (QED) is 0.584. The van der Waals surface area contributed by atoms with Gasteiger partial charge in [0.15, 0.2) is 0 Å². The maximum Gasteiger partial charge on any atom is 0.266 e. The van der Waals surface area contributed by atoms with Crippen LogP contribution in [-0.4, -0.2) is 24.7 Å². The largest absolute Gasteiger partial charge is 0.497 e. The van der Waals surface area contributed by atoms with E-state index in [2.05, 4.69) is 4.84 Å². The normalized spacial score (nSPS) is 9.80. The van der Waals surface area contributed by atoms with Crippen LogP contribution in [0, 0.1) is 0 Å². The number of hydrogen-bond acceptors (Lipinski definition) is 3. The predicted octanol–water partition coefficient (Wildman–Crippen LogP) is 1.78. The Balaban J connectivity index is 2.61. The minimum absolute atomic E-state index is 0.196. The number of halogens is 1. The van der Waals surface area contributed by atoms with E-state index < -0.39 is 0 Å². The van der Waals surface area contributed by atoms with Gasteiger partial charge in [0, 0.05) is 11.8 Å². The molecule has 0 aliphatic rings. The SMILES string of the molecule is COc1ccc(CC(=O)N(Cl)OC)cc1. The molecule has 0 atom stereocenters. The summed E-state index contributed by atoms with van der Waals surface area (Å²) in [6.07, 6.45) is 0.196. The van der Waals surface area contributed by atoms with Crippen LogP contribution in [0.25, 0.3) is 0 Å². The van der Waals surface area contributed by atoms with Gasteiger partial charge >= 0.3 is 0 Å². The first-order chi connectivity index (χ1) is 7.17. The molecule has 0 bridgehead atoms. The van der Waals surface area contributed by atoms with Crippen LogP contribution in [0.5, 0.6) is 5.75 Å². The van der Waals surface area contributed by atoms with Crippen molar-refractivity contribution in [2.45, 2.75) is 6.42 Å². The van der Waals surface area contributed by atoms with Crippen molar-refractivity contribution in [1.82, 2.24) is 4.58 Å². The fourth-order valence-electron chi connectivity index (χ4n) is 1.08. The Labute approximate surface area is 93.4 Å². The number of carbonyl (C=O) groups excluding carboxylic acids is 1. The highest BCUT2D eigenvalue weighted by Gasteiger charge is 2.10. The molecule has 0 radical (unpaired) electrons. The van der Waals surface area contributed by atoms with E-state index in [4.69, 9.17) is 16.5 Å². The van der Waals surface area contributed by atoms with Gasteiger partial charge in [-0.2, -0.15) is 0 Å². The van der Waals surface area contributed by atoms with Gasteiger partial charge in [0.25, 0.3) is 5.91 Å². The summed E-state index contributed by atoms with van der Waals surface area (Å²) in [7, 11) is 2.92. The van der Waals surface area contributed by atoms with Crippen molar-refractivity contribution < 1.29 is 14.4 Å². The molecule has 0 saturated heterocycles. The Morgan fingerprint density at radius 1 is 1.33 bits per heavy atom. The Morgan fingerprint density at radius 3 is 2.40 bits per heavy atom. The van der Waals surface area contributed by atoms with Crippen LogP contribution in [0.2, 0.25) is 0 Å². The zero-order valence-electron chi connectivity index (χ0n) is 8.57. The standard InChI is InChI=1S/C10H12ClNO3/c1-14-9-5-3-8(4-6-9)7-10(13)12(11)15-2/h3-6H,7H2,1-2H3. The number of amides is 1. The topological polar surface area (TPSA) is 38.8 Å². The number of rotatable bonds is 4. The maximum absolute atomic E-state index is 11.3. The molecule has 0 aromatic heterocycles. The zero-order valence-corrected chi connectivity index (χ0v) is 9.32. The van der Waals surface area contributed by atoms with Crippen LogP contribution < -0.4 is 4.74 Å². The Hall–Kier alpha value is -1.26. The Kier molecular flexibility index (Phi) is 4.39. The molecule has 4 nitrogen and oxygen atoms in total. The van der Waals surface area contributed by atoms with E-state index in [1.54, 1.807) is 31.4 Å². The van der Waals surface area contributed by atoms with Crippen molar-refractivity contribution in [2.75, 3.05) is 14.2 Å². The number of carbonyl (C=O) groups is 1. The number of benzene rings is 1. The number of nitrogens with zero attached hydrogens (tertiary/aromatic N) is 1. The van der Waals surface area contributed by atoms with E-state index in [1.165, 1.54) is 7.11 Å². The van der Waals surface area contributed by atoms with Crippen molar-refractivity contribution in [3.05, 3.63) is 29.8 Å². The number of methoxy groups -OCH3 is 1. The molecule has 0 fully saturated rings. The van der Waals surface area contributed by atoms with Gasteiger partial charge in [-0.05, 0) is 17.7 Å². The minimum Gasteiger partial charge on any atom is -0.497 e. The third-order valence-electron chi connectivity index (χ3n) is 1.87. The molecular formula is C10H12ClNO3. The first kappa shape index (κ1) is 11.8. The lowest BCUT2D eigenvalue weighted by Crippen LogP contribution is -2.21. The van der Waals surface area contributed by atoms with Crippen LogP contribution in [-0.2, 0) is 16.1 Å². The molecule has 1 rings (SSSR count). The summed E-state index contributed by atoms with van der Waals surface area (Å²) in [4.78, 5) is 15.9. The van der Waals surface area contributed by atoms with E-state index in [0.29, 0.717) is 4.58 Å². The van der Waals surface area contributed by atoms with Gasteiger partial charge in [0.1, 0.15) is 5.75 Å². The molecule has 0 spiro atoms. The molecule has 0 N–H and O–H groups in total. The fourth-order valence-corrected chi connectivity index (χ4v) is 1.14. The molecule has 1 aromatic carbocycles. The molecule has 0 aliphatic carbocycles. The third-order valence-corrected chi connectivity index (χ3v) is 2.20. The molecule has 1 amide bonds. The van der Waals surface area contributed by atoms with E-state index >= 15 is 0 Å². The van der Waals surface area contributed by atoms with Gasteiger partial charge in [-0.1, -0.05) is 12.1 Å². The average Bonchev–Trinajstić information content (AvgIpc) is 2.29. The summed E-state index contributed by atoms with van der Waals surface area (Å²) in [6, 6.07) is 7.18. The monoisotopic (exact) mass is 229 g/mol. The second-order valence-corrected chi connectivity index (χ2v) is 3.15. The summed E-state index contributed by atoms with van der Waals surface area (Å²) in [5.74, 6) is 0.435. The number of hydrogen-bond donors (Lipinski definition) is 0. The summed E-state index contributed by atoms with van der Waals surface area (Å²) in [5, 5.41) is 0. The van der Waals surface area contributed by atoms with Crippen molar-refractivity contribution in [2.24, 2.45) is 0 Å². The van der Waals surface area contributed by atoms with Crippen LogP contribution in [0.15, 0.2) is 24.3 Å². The predicted molar refractivity (Wildman–Crippen MR) is 56.4 cm³/mol. The van der Waals surface area contributed by atoms with Gasteiger partial charge < -0.3 is 4.74 Å². The van der Waals surface area contributed by atoms with Crippen LogP contribution in [0.1, 0.15) is 5.56 Å². The average molecular weight is 230 g/mol. The molecule has 0 aliphatic heterocycles. The van der Waals surface area contributed by atoms with Gasteiger partial charge in [0.2, 0.25) is 0 Å². The molecule has 15 heavy (non-hydrogen) atoms. The van der Waals surface area contributed by atoms with Crippen molar-refractivity contribution in [3.8, 4) is 5.75 Å². The number of hydroxylamine groups is 1. The molecule has 82 valence electrons. The lowest BCUT2D eigenvalue weighted by Gasteiger charge is -2.09. The third kappa shape index (κ3) is 3.42. The summed E-state index contributed by atoms with van der Waals surface area (Å²) in [5.41, 5.74) is 0.850. The Morgan fingerprint density at radius 2 is 1.93 bits per heavy atom. The maximum atomic E-state index is 11.3. The molecule has 1 aromatic rings. The van der Waals surface area contributed by atoms with Crippen molar-refractivity contribution >= 4 is 17.7 Å². The lowest BCUT2D eigenvalue weighted by molar-refractivity contribution is -0.151. The van der Waals surface area contributed by atoms with E-state index in [1.807, 2.05) is 0 Å². The smallest absolute Gasteiger partial charge is 0.266 e. The second kappa shape index (κ2) is 5.58. The number of ether oxygens (including phenoxy) is 1. The van der Waals surface area contributed by atoms with Crippen LogP contribution >= 0.6 is 11.8 Å². The van der Waals surface area contributed by atoms with Crippen molar-refractivity contribution in [3.63, 3.8) is 0 Å². The van der Waals surface area contributed by atoms with Crippen molar-refractivity contribution in [1.29, 1.82) is 0 Å². The van der Waals surface area contributed by atoms with Crippen LogP contribution in [0.4, 0.5) is 0 Å². The lowest BCUT2D eigenvalue weighted by atomic mass is 10.1. The highest BCUT2D eigenvalue weighted by molar-refractivity contribution is 6.20. The zero-order chi connectivity index (χ0) is 11.3. The van der Waals surface area contributed by atoms with Crippen LogP contribution in [0.3, 0.4) is 0 Å². The van der Waals surface area contributed by atoms with E-state index in [-0.39, 0.29) is 12.3 Å². The molecular weight excluding hydrogens is 218 g/mol. The molecule has 0 heterocycles. The summed E-state index contributed by atoms with van der Waals surface area (Å²) in [6.45, 7) is 0. The first-order valence-electron chi connectivity index (χ1n) is 4.33. The Bertz CT molecular complexity index is 326. The molecule has 5 heteroatoms. The summed E-state index contributed by atoms with van der Waals surface area (Å²) >= 11 is 5.46. The second-order valence-electron chi connectivity index (χ2n) is 2.85. The summed E-state index contributed by atoms with van der Waals surface area (Å²) < 4.78 is 5.68. The van der Waals surface area contributed by atoms with Gasteiger partial charge in [0.05, 0.1) is 20.6 Å². The minimum atomic E-state index is -0.315. The highest BCUT2D eigenvalue weighted by atomic mass is 35.5. The van der Waals surface area contributed by atoms with E-state index in [0.717, 1.165) is 11.3 Å². The van der Waals surface area contributed by atoms with Gasteiger partial charge in [-0.25, -0.2) is 0 Å². The fraction of sp³-hybridized carbons (Fsp3) is 0.300. The van der Waals surface area contributed by atoms with Gasteiger partial charge in [-0.3, -0.25) is 9.63 Å². The highest BCUT2D eigenvalue weighted by Crippen LogP contribution is 2.12.